The second-order valence-corrected chi connectivity index (χ2v) is 4.68. The van der Waals surface area contributed by atoms with Gasteiger partial charge < -0.3 is 19.5 Å². The van der Waals surface area contributed by atoms with Crippen molar-refractivity contribution in [1.29, 1.82) is 0 Å². The van der Waals surface area contributed by atoms with E-state index in [9.17, 15) is 9.59 Å². The van der Waals surface area contributed by atoms with Crippen molar-refractivity contribution in [3.63, 3.8) is 0 Å². The van der Waals surface area contributed by atoms with Crippen molar-refractivity contribution < 1.29 is 23.8 Å². The molecular weight excluding hydrogens is 274 g/mol. The van der Waals surface area contributed by atoms with Gasteiger partial charge >= 0.3 is 5.97 Å². The maximum Gasteiger partial charge on any atom is 0.351 e. The van der Waals surface area contributed by atoms with Gasteiger partial charge in [-0.2, -0.15) is 0 Å². The maximum atomic E-state index is 11.8. The predicted molar refractivity (Wildman–Crippen MR) is 75.2 cm³/mol. The van der Waals surface area contributed by atoms with E-state index in [0.717, 1.165) is 12.8 Å². The van der Waals surface area contributed by atoms with Gasteiger partial charge in [-0.05, 0) is 18.6 Å². The first-order chi connectivity index (χ1) is 10.2. The molecule has 6 heteroatoms. The second kappa shape index (κ2) is 7.52. The number of ether oxygens (including phenoxy) is 3. The highest BCUT2D eigenvalue weighted by atomic mass is 16.6. The number of para-hydroxylation sites is 2. The largest absolute Gasteiger partial charge is 0.485 e. The molecule has 0 radical (unpaired) electrons. The number of esters is 1. The Hall–Kier alpha value is -2.24. The van der Waals surface area contributed by atoms with Crippen LogP contribution in [0.5, 0.6) is 11.5 Å². The van der Waals surface area contributed by atoms with Crippen LogP contribution < -0.4 is 14.8 Å². The van der Waals surface area contributed by atoms with E-state index in [2.05, 4.69) is 5.32 Å². The van der Waals surface area contributed by atoms with Gasteiger partial charge in [0.2, 0.25) is 6.10 Å². The number of hydrogen-bond donors (Lipinski definition) is 1. The van der Waals surface area contributed by atoms with E-state index in [1.807, 2.05) is 13.0 Å². The third-order valence-electron chi connectivity index (χ3n) is 2.97. The number of nitrogens with one attached hydrogen (secondary N) is 1. The monoisotopic (exact) mass is 293 g/mol. The van der Waals surface area contributed by atoms with Gasteiger partial charge in [0.1, 0.15) is 6.61 Å². The molecule has 1 atom stereocenters. The minimum absolute atomic E-state index is 0.0767. The van der Waals surface area contributed by atoms with Gasteiger partial charge in [0.05, 0.1) is 0 Å². The Morgan fingerprint density at radius 2 is 2.10 bits per heavy atom. The van der Waals surface area contributed by atoms with Crippen molar-refractivity contribution in [1.82, 2.24) is 5.32 Å². The van der Waals surface area contributed by atoms with Gasteiger partial charge in [-0.25, -0.2) is 4.79 Å². The molecule has 0 aromatic heterocycles. The Morgan fingerprint density at radius 3 is 2.86 bits per heavy atom. The molecule has 1 aromatic rings. The van der Waals surface area contributed by atoms with Gasteiger partial charge in [0, 0.05) is 6.54 Å². The smallest absolute Gasteiger partial charge is 0.351 e. The van der Waals surface area contributed by atoms with Crippen LogP contribution in [0.2, 0.25) is 0 Å². The number of unbranched alkanes of at least 4 members (excludes halogenated alkanes) is 1. The zero-order valence-corrected chi connectivity index (χ0v) is 12.0. The van der Waals surface area contributed by atoms with Gasteiger partial charge in [-0.1, -0.05) is 25.5 Å². The molecule has 0 saturated carbocycles. The fraction of sp³-hybridized carbons (Fsp3) is 0.467. The Bertz CT molecular complexity index is 503. The average Bonchev–Trinajstić information content (AvgIpc) is 2.52. The van der Waals surface area contributed by atoms with E-state index < -0.39 is 12.1 Å². The van der Waals surface area contributed by atoms with Crippen LogP contribution in [0.1, 0.15) is 19.8 Å². The summed E-state index contributed by atoms with van der Waals surface area (Å²) in [5.41, 5.74) is 0. The second-order valence-electron chi connectivity index (χ2n) is 4.68. The number of hydrogen-bond acceptors (Lipinski definition) is 5. The maximum absolute atomic E-state index is 11.8. The minimum Gasteiger partial charge on any atom is -0.485 e. The molecule has 1 N–H and O–H groups in total. The van der Waals surface area contributed by atoms with E-state index >= 15 is 0 Å². The molecule has 1 unspecified atom stereocenters. The molecule has 1 aliphatic rings. The summed E-state index contributed by atoms with van der Waals surface area (Å²) in [6, 6.07) is 7.09. The molecule has 0 fully saturated rings. The number of carbonyl (C=O) groups is 2. The molecule has 6 nitrogen and oxygen atoms in total. The number of amides is 1. The Balaban J connectivity index is 1.76. The lowest BCUT2D eigenvalue weighted by Gasteiger charge is -2.24. The fourth-order valence-electron chi connectivity index (χ4n) is 1.82. The summed E-state index contributed by atoms with van der Waals surface area (Å²) in [7, 11) is 0. The van der Waals surface area contributed by atoms with Crippen LogP contribution in [-0.4, -0.2) is 37.7 Å². The molecule has 114 valence electrons. The number of carbonyl (C=O) groups excluding carboxylic acids is 2. The van der Waals surface area contributed by atoms with Crippen molar-refractivity contribution in [3.8, 4) is 11.5 Å². The summed E-state index contributed by atoms with van der Waals surface area (Å²) in [6.07, 6.45) is 1.05. The standard InChI is InChI=1S/C15H19NO5/c1-2-3-8-16-14(17)10-20-15(18)13-9-19-11-6-4-5-7-12(11)21-13/h4-7,13H,2-3,8-10H2,1H3,(H,16,17). The van der Waals surface area contributed by atoms with Gasteiger partial charge in [-0.3, -0.25) is 4.79 Å². The van der Waals surface area contributed by atoms with Crippen LogP contribution >= 0.6 is 0 Å². The first-order valence-corrected chi connectivity index (χ1v) is 7.02. The molecule has 0 aliphatic carbocycles. The lowest BCUT2D eigenvalue weighted by atomic mass is 10.2. The van der Waals surface area contributed by atoms with Crippen molar-refractivity contribution in [2.24, 2.45) is 0 Å². The number of benzene rings is 1. The van der Waals surface area contributed by atoms with Crippen LogP contribution in [0.15, 0.2) is 24.3 Å². The molecule has 1 heterocycles. The topological polar surface area (TPSA) is 73.9 Å². The molecule has 0 spiro atoms. The molecule has 0 bridgehead atoms. The van der Waals surface area contributed by atoms with E-state index in [0.29, 0.717) is 18.0 Å². The summed E-state index contributed by atoms with van der Waals surface area (Å²) < 4.78 is 15.8. The summed E-state index contributed by atoms with van der Waals surface area (Å²) in [5, 5.41) is 2.67. The summed E-state index contributed by atoms with van der Waals surface area (Å²) >= 11 is 0. The molecule has 1 aliphatic heterocycles. The molecule has 1 aromatic carbocycles. The lowest BCUT2D eigenvalue weighted by Crippen LogP contribution is -2.39. The first-order valence-electron chi connectivity index (χ1n) is 7.02. The number of fused-ring (bicyclic) bond motifs is 1. The predicted octanol–water partition coefficient (Wildman–Crippen LogP) is 1.29. The van der Waals surface area contributed by atoms with E-state index in [1.54, 1.807) is 18.2 Å². The van der Waals surface area contributed by atoms with Crippen LogP contribution in [0.25, 0.3) is 0 Å². The van der Waals surface area contributed by atoms with Crippen molar-refractivity contribution in [3.05, 3.63) is 24.3 Å². The summed E-state index contributed by atoms with van der Waals surface area (Å²) in [5.74, 6) is 0.182. The Labute approximate surface area is 123 Å². The molecule has 0 saturated heterocycles. The lowest BCUT2D eigenvalue weighted by molar-refractivity contribution is -0.157. The van der Waals surface area contributed by atoms with E-state index in [4.69, 9.17) is 14.2 Å². The quantitative estimate of drug-likeness (QED) is 0.632. The van der Waals surface area contributed by atoms with Crippen molar-refractivity contribution in [2.75, 3.05) is 19.8 Å². The van der Waals surface area contributed by atoms with E-state index in [-0.39, 0.29) is 19.1 Å². The average molecular weight is 293 g/mol. The minimum atomic E-state index is -0.844. The zero-order chi connectivity index (χ0) is 15.1. The van der Waals surface area contributed by atoms with Crippen molar-refractivity contribution >= 4 is 11.9 Å². The fourth-order valence-corrected chi connectivity index (χ4v) is 1.82. The first kappa shape index (κ1) is 15.2. The SMILES string of the molecule is CCCCNC(=O)COC(=O)C1COc2ccccc2O1. The van der Waals surface area contributed by atoms with Gasteiger partial charge in [0.25, 0.3) is 5.91 Å². The highest BCUT2D eigenvalue weighted by molar-refractivity contribution is 5.82. The summed E-state index contributed by atoms with van der Waals surface area (Å²) in [6.45, 7) is 2.39. The zero-order valence-electron chi connectivity index (χ0n) is 12.0. The highest BCUT2D eigenvalue weighted by Crippen LogP contribution is 2.30. The van der Waals surface area contributed by atoms with Gasteiger partial charge in [0.15, 0.2) is 18.1 Å². The highest BCUT2D eigenvalue weighted by Gasteiger charge is 2.28. The molecule has 1 amide bonds. The molecule has 2 rings (SSSR count). The van der Waals surface area contributed by atoms with Crippen LogP contribution in [0.4, 0.5) is 0 Å². The third-order valence-corrected chi connectivity index (χ3v) is 2.97. The normalized spacial score (nSPS) is 16.1. The van der Waals surface area contributed by atoms with Crippen LogP contribution in [-0.2, 0) is 14.3 Å². The Kier molecular flexibility index (Phi) is 5.43. The van der Waals surface area contributed by atoms with Gasteiger partial charge in [-0.15, -0.1) is 0 Å². The van der Waals surface area contributed by atoms with Crippen molar-refractivity contribution in [2.45, 2.75) is 25.9 Å². The van der Waals surface area contributed by atoms with Crippen LogP contribution in [0, 0.1) is 0 Å². The third kappa shape index (κ3) is 4.37. The van der Waals surface area contributed by atoms with E-state index in [1.165, 1.54) is 0 Å². The molecular formula is C15H19NO5. The van der Waals surface area contributed by atoms with Crippen LogP contribution in [0.3, 0.4) is 0 Å². The summed E-state index contributed by atoms with van der Waals surface area (Å²) in [4.78, 5) is 23.3. The molecule has 21 heavy (non-hydrogen) atoms. The Morgan fingerprint density at radius 1 is 1.33 bits per heavy atom. The number of rotatable bonds is 6.